The first kappa shape index (κ1) is 14.0. The van der Waals surface area contributed by atoms with Gasteiger partial charge in [0.2, 0.25) is 11.9 Å². The van der Waals surface area contributed by atoms with E-state index in [-0.39, 0.29) is 12.6 Å². The van der Waals surface area contributed by atoms with Gasteiger partial charge in [-0.05, 0) is 19.9 Å². The Hall–Kier alpha value is -2.05. The number of carbonyl (C=O) groups is 2. The van der Waals surface area contributed by atoms with Gasteiger partial charge in [0.1, 0.15) is 0 Å². The number of primary amides is 1. The third-order valence-corrected chi connectivity index (χ3v) is 2.29. The van der Waals surface area contributed by atoms with Crippen LogP contribution >= 0.6 is 0 Å². The van der Waals surface area contributed by atoms with Gasteiger partial charge < -0.3 is 10.6 Å². The Bertz CT molecular complexity index is 477. The second-order valence-corrected chi connectivity index (χ2v) is 3.96. The lowest BCUT2D eigenvalue weighted by atomic mass is 10.2. The summed E-state index contributed by atoms with van der Waals surface area (Å²) < 4.78 is 26.3. The molecule has 0 aliphatic carbocycles. The van der Waals surface area contributed by atoms with Crippen molar-refractivity contribution in [3.63, 3.8) is 0 Å². The monoisotopic (exact) mass is 257 g/mol. The number of pyridine rings is 1. The summed E-state index contributed by atoms with van der Waals surface area (Å²) in [5.74, 6) is -4.23. The molecule has 0 aliphatic heterocycles. The summed E-state index contributed by atoms with van der Waals surface area (Å²) in [6, 6.07) is 0.678. The van der Waals surface area contributed by atoms with E-state index in [0.29, 0.717) is 0 Å². The number of aromatic nitrogens is 1. The SMILES string of the molecule is CC(C)N(CC(N)=O)C(=O)c1ccnc(F)c1F. The molecule has 0 fully saturated rings. The largest absolute Gasteiger partial charge is 0.368 e. The molecule has 0 atom stereocenters. The van der Waals surface area contributed by atoms with Crippen LogP contribution < -0.4 is 5.73 Å². The lowest BCUT2D eigenvalue weighted by molar-refractivity contribution is -0.119. The Kier molecular flexibility index (Phi) is 4.30. The van der Waals surface area contributed by atoms with Crippen molar-refractivity contribution in [1.82, 2.24) is 9.88 Å². The maximum absolute atomic E-state index is 13.4. The molecule has 0 bridgehead atoms. The first-order valence-corrected chi connectivity index (χ1v) is 5.23. The van der Waals surface area contributed by atoms with Crippen molar-refractivity contribution < 1.29 is 18.4 Å². The van der Waals surface area contributed by atoms with Crippen LogP contribution in [-0.2, 0) is 4.79 Å². The molecule has 2 amide bonds. The van der Waals surface area contributed by atoms with E-state index in [1.165, 1.54) is 0 Å². The molecule has 7 heteroatoms. The van der Waals surface area contributed by atoms with Crippen molar-refractivity contribution in [1.29, 1.82) is 0 Å². The van der Waals surface area contributed by atoms with E-state index in [1.807, 2.05) is 0 Å². The lowest BCUT2D eigenvalue weighted by Gasteiger charge is -2.25. The molecule has 0 radical (unpaired) electrons. The van der Waals surface area contributed by atoms with Crippen LogP contribution in [0.1, 0.15) is 24.2 Å². The van der Waals surface area contributed by atoms with Crippen molar-refractivity contribution in [2.45, 2.75) is 19.9 Å². The Morgan fingerprint density at radius 1 is 1.44 bits per heavy atom. The third-order valence-electron chi connectivity index (χ3n) is 2.29. The summed E-state index contributed by atoms with van der Waals surface area (Å²) in [5.41, 5.74) is 4.53. The fraction of sp³-hybridized carbons (Fsp3) is 0.364. The number of nitrogens with zero attached hydrogens (tertiary/aromatic N) is 2. The molecule has 0 saturated heterocycles. The van der Waals surface area contributed by atoms with Crippen LogP contribution in [0.2, 0.25) is 0 Å². The maximum atomic E-state index is 13.4. The Balaban J connectivity index is 3.10. The summed E-state index contributed by atoms with van der Waals surface area (Å²) in [5, 5.41) is 0. The van der Waals surface area contributed by atoms with E-state index in [4.69, 9.17) is 5.73 Å². The van der Waals surface area contributed by atoms with Gasteiger partial charge in [-0.3, -0.25) is 9.59 Å². The molecule has 5 nitrogen and oxygen atoms in total. The topological polar surface area (TPSA) is 76.3 Å². The normalized spacial score (nSPS) is 10.5. The molecule has 0 spiro atoms. The second kappa shape index (κ2) is 5.52. The van der Waals surface area contributed by atoms with Gasteiger partial charge in [-0.15, -0.1) is 0 Å². The average Bonchev–Trinajstić information content (AvgIpc) is 2.28. The number of amides is 2. The van der Waals surface area contributed by atoms with Gasteiger partial charge in [0.25, 0.3) is 5.91 Å². The molecule has 1 rings (SSSR count). The predicted molar refractivity (Wildman–Crippen MR) is 59.5 cm³/mol. The van der Waals surface area contributed by atoms with Crippen LogP contribution in [0.25, 0.3) is 0 Å². The fourth-order valence-electron chi connectivity index (χ4n) is 1.39. The molecule has 1 aromatic heterocycles. The van der Waals surface area contributed by atoms with Gasteiger partial charge >= 0.3 is 0 Å². The molecule has 0 aliphatic rings. The van der Waals surface area contributed by atoms with Crippen molar-refractivity contribution >= 4 is 11.8 Å². The minimum absolute atomic E-state index is 0.361. The standard InChI is InChI=1S/C11H13F2N3O2/c1-6(2)16(5-8(14)17)11(18)7-3-4-15-10(13)9(7)12/h3-4,6H,5H2,1-2H3,(H2,14,17). The molecule has 0 unspecified atom stereocenters. The van der Waals surface area contributed by atoms with Gasteiger partial charge in [0, 0.05) is 12.2 Å². The van der Waals surface area contributed by atoms with Crippen molar-refractivity contribution in [3.05, 3.63) is 29.6 Å². The van der Waals surface area contributed by atoms with Crippen molar-refractivity contribution in [2.75, 3.05) is 6.54 Å². The first-order valence-electron chi connectivity index (χ1n) is 5.23. The van der Waals surface area contributed by atoms with Crippen LogP contribution in [-0.4, -0.2) is 34.3 Å². The summed E-state index contributed by atoms with van der Waals surface area (Å²) in [7, 11) is 0. The minimum atomic E-state index is -1.36. The average molecular weight is 257 g/mol. The Morgan fingerprint density at radius 2 is 2.06 bits per heavy atom. The minimum Gasteiger partial charge on any atom is -0.368 e. The second-order valence-electron chi connectivity index (χ2n) is 3.96. The number of carbonyl (C=O) groups excluding carboxylic acids is 2. The Labute approximate surface area is 103 Å². The van der Waals surface area contributed by atoms with Crippen LogP contribution in [0.15, 0.2) is 12.3 Å². The molecular formula is C11H13F2N3O2. The highest BCUT2D eigenvalue weighted by Gasteiger charge is 2.24. The number of hydrogen-bond donors (Lipinski definition) is 1. The molecule has 0 saturated carbocycles. The summed E-state index contributed by atoms with van der Waals surface area (Å²) >= 11 is 0. The molecule has 1 aromatic rings. The van der Waals surface area contributed by atoms with E-state index in [2.05, 4.69) is 4.98 Å². The predicted octanol–water partition coefficient (Wildman–Crippen LogP) is 0.696. The van der Waals surface area contributed by atoms with Gasteiger partial charge in [0.05, 0.1) is 12.1 Å². The lowest BCUT2D eigenvalue weighted by Crippen LogP contribution is -2.43. The molecule has 2 N–H and O–H groups in total. The number of rotatable bonds is 4. The highest BCUT2D eigenvalue weighted by Crippen LogP contribution is 2.13. The fourth-order valence-corrected chi connectivity index (χ4v) is 1.39. The van der Waals surface area contributed by atoms with E-state index in [0.717, 1.165) is 17.2 Å². The van der Waals surface area contributed by atoms with Crippen LogP contribution in [0.3, 0.4) is 0 Å². The number of nitrogens with two attached hydrogens (primary N) is 1. The quantitative estimate of drug-likeness (QED) is 0.806. The van der Waals surface area contributed by atoms with Crippen molar-refractivity contribution in [3.8, 4) is 0 Å². The van der Waals surface area contributed by atoms with E-state index >= 15 is 0 Å². The smallest absolute Gasteiger partial charge is 0.257 e. The van der Waals surface area contributed by atoms with Crippen LogP contribution in [0, 0.1) is 11.8 Å². The molecule has 0 aromatic carbocycles. The molecule has 18 heavy (non-hydrogen) atoms. The molecular weight excluding hydrogens is 244 g/mol. The summed E-state index contributed by atoms with van der Waals surface area (Å²) in [6.07, 6.45) is 0.981. The van der Waals surface area contributed by atoms with Crippen LogP contribution in [0.4, 0.5) is 8.78 Å². The van der Waals surface area contributed by atoms with E-state index in [9.17, 15) is 18.4 Å². The van der Waals surface area contributed by atoms with E-state index in [1.54, 1.807) is 13.8 Å². The summed E-state index contributed by atoms with van der Waals surface area (Å²) in [6.45, 7) is 2.91. The zero-order valence-corrected chi connectivity index (χ0v) is 9.98. The Morgan fingerprint density at radius 3 is 2.56 bits per heavy atom. The molecule has 98 valence electrons. The van der Waals surface area contributed by atoms with Gasteiger partial charge in [-0.25, -0.2) is 9.37 Å². The van der Waals surface area contributed by atoms with Gasteiger partial charge in [0.15, 0.2) is 5.82 Å². The van der Waals surface area contributed by atoms with Crippen molar-refractivity contribution in [2.24, 2.45) is 5.73 Å². The maximum Gasteiger partial charge on any atom is 0.257 e. The van der Waals surface area contributed by atoms with Gasteiger partial charge in [-0.2, -0.15) is 4.39 Å². The zero-order chi connectivity index (χ0) is 13.9. The van der Waals surface area contributed by atoms with E-state index < -0.39 is 29.1 Å². The first-order chi connectivity index (χ1) is 8.34. The molecule has 1 heterocycles. The van der Waals surface area contributed by atoms with Gasteiger partial charge in [-0.1, -0.05) is 0 Å². The summed E-state index contributed by atoms with van der Waals surface area (Å²) in [4.78, 5) is 27.0. The highest BCUT2D eigenvalue weighted by molar-refractivity contribution is 5.96. The third kappa shape index (κ3) is 2.99. The van der Waals surface area contributed by atoms with Crippen LogP contribution in [0.5, 0.6) is 0 Å². The number of halogens is 2. The zero-order valence-electron chi connectivity index (χ0n) is 9.98. The highest BCUT2D eigenvalue weighted by atomic mass is 19.2. The number of hydrogen-bond acceptors (Lipinski definition) is 3.